The molecule has 2 aromatic rings. The Morgan fingerprint density at radius 2 is 0.674 bits per heavy atom. The van der Waals surface area contributed by atoms with Crippen LogP contribution in [0.15, 0.2) is 54.6 Å². The zero-order chi connectivity index (χ0) is 76.6. The van der Waals surface area contributed by atoms with E-state index in [2.05, 4.69) is 11.5 Å². The number of primary amides is 2. The maximum absolute atomic E-state index is 10.4. The van der Waals surface area contributed by atoms with Gasteiger partial charge in [-0.3, -0.25) is 62.3 Å². The highest BCUT2D eigenvalue weighted by molar-refractivity contribution is 5.84. The molecule has 0 aromatic heterocycles. The number of carbonyl (C=O) groups is 13. The quantitative estimate of drug-likeness (QED) is 0.0341. The van der Waals surface area contributed by atoms with E-state index in [4.69, 9.17) is 124 Å². The molecule has 0 bridgehead atoms. The summed E-state index contributed by atoms with van der Waals surface area (Å²) in [6.07, 6.45) is 3.60. The lowest BCUT2D eigenvalue weighted by Crippen LogP contribution is -2.36. The monoisotopic (exact) mass is 1370 g/mol. The number of nitrogens with two attached hydrogens (primary N) is 13. The lowest BCUT2D eigenvalue weighted by atomic mass is 10.0. The Kier molecular flexibility index (Phi) is 65.6. The van der Waals surface area contributed by atoms with Gasteiger partial charge in [0, 0.05) is 6.42 Å². The van der Waals surface area contributed by atoms with Crippen molar-refractivity contribution in [3.63, 3.8) is 0 Å². The molecule has 2 aromatic carbocycles. The highest BCUT2D eigenvalue weighted by Crippen LogP contribution is 2.11. The molecule has 0 spiro atoms. The number of hydrogen-bond donors (Lipinski definition) is 25. The van der Waals surface area contributed by atoms with Crippen molar-refractivity contribution in [1.82, 2.24) is 0 Å². The first-order valence-corrected chi connectivity index (χ1v) is 28.6. The lowest BCUT2D eigenvalue weighted by Gasteiger charge is -2.11. The number of amides is 2. The summed E-state index contributed by atoms with van der Waals surface area (Å²) in [5.74, 6) is -12.3. The van der Waals surface area contributed by atoms with E-state index in [1.165, 1.54) is 19.1 Å². The molecular formula is C57H105N13O25. The van der Waals surface area contributed by atoms with E-state index >= 15 is 0 Å². The first-order chi connectivity index (χ1) is 43.5. The number of aromatic hydroxyl groups is 1. The Morgan fingerprint density at radius 1 is 0.379 bits per heavy atom. The summed E-state index contributed by atoms with van der Waals surface area (Å²) in [5.41, 5.74) is 67.5. The van der Waals surface area contributed by atoms with Gasteiger partial charge in [0.1, 0.15) is 66.2 Å². The molecule has 0 radical (unpaired) electrons. The van der Waals surface area contributed by atoms with Crippen LogP contribution in [-0.4, -0.2) is 206 Å². The summed E-state index contributed by atoms with van der Waals surface area (Å²) in [6, 6.07) is 7.02. The molecule has 38 N–H and O–H groups in total. The SMILES string of the molecule is CC(C)[C@H](N)C(=O)O.CC[C@H](C)[C@H](N)C(=O)O.CC[C@H](C)[C@H](N)C(=O)O.C[C@H](N)C(=O)O.NC(=O)C[C@H](N)C(=O)O.NC(=O)C[C@H](N)C(=O)O.NCCCC[C@H](N)C(=O)O.N[C@@H](CCC(=O)O)C(=O)O.N[C@@H](Cc1ccc(O)cc1)C(=O)O.N[C@@H](Cc1ccccc1)C(=O)O. The number of phenolic OH excluding ortho intramolecular Hbond substituents is 1. The van der Waals surface area contributed by atoms with Gasteiger partial charge in [-0.15, -0.1) is 0 Å². The number of hydrogen-bond acceptors (Lipinski definition) is 25. The molecule has 548 valence electrons. The van der Waals surface area contributed by atoms with Crippen molar-refractivity contribution in [2.24, 2.45) is 92.3 Å². The number of benzene rings is 2. The van der Waals surface area contributed by atoms with Crippen LogP contribution in [0.3, 0.4) is 0 Å². The first kappa shape index (κ1) is 102. The summed E-state index contributed by atoms with van der Waals surface area (Å²) in [6.45, 7) is 13.1. The fraction of sp³-hybridized carbons (Fsp3) is 0.561. The third-order valence-corrected chi connectivity index (χ3v) is 11.6. The summed E-state index contributed by atoms with van der Waals surface area (Å²) < 4.78 is 0. The van der Waals surface area contributed by atoms with E-state index < -0.39 is 138 Å². The number of rotatable bonds is 30. The number of phenols is 1. The summed E-state index contributed by atoms with van der Waals surface area (Å²) in [5, 5.41) is 99.6. The summed E-state index contributed by atoms with van der Waals surface area (Å²) in [4.78, 5) is 131. The van der Waals surface area contributed by atoms with E-state index in [-0.39, 0.29) is 55.6 Å². The van der Waals surface area contributed by atoms with E-state index in [0.717, 1.165) is 36.8 Å². The molecule has 0 heterocycles. The third-order valence-electron chi connectivity index (χ3n) is 11.6. The first-order valence-electron chi connectivity index (χ1n) is 28.6. The van der Waals surface area contributed by atoms with Gasteiger partial charge in [0.25, 0.3) is 0 Å². The Labute approximate surface area is 549 Å². The van der Waals surface area contributed by atoms with Gasteiger partial charge in [0.2, 0.25) is 11.8 Å². The van der Waals surface area contributed by atoms with Gasteiger partial charge < -0.3 is 136 Å². The van der Waals surface area contributed by atoms with Gasteiger partial charge in [-0.2, -0.15) is 0 Å². The molecule has 95 heavy (non-hydrogen) atoms. The summed E-state index contributed by atoms with van der Waals surface area (Å²) in [7, 11) is 0. The van der Waals surface area contributed by atoms with Gasteiger partial charge in [0.15, 0.2) is 0 Å². The minimum atomic E-state index is -1.21. The van der Waals surface area contributed by atoms with Crippen LogP contribution in [-0.2, 0) is 75.2 Å². The normalized spacial score (nSPS) is 13.5. The van der Waals surface area contributed by atoms with Crippen molar-refractivity contribution in [2.75, 3.05) is 6.54 Å². The summed E-state index contributed by atoms with van der Waals surface area (Å²) >= 11 is 0. The molecule has 2 amide bonds. The zero-order valence-corrected chi connectivity index (χ0v) is 54.4. The maximum atomic E-state index is 10.4. The van der Waals surface area contributed by atoms with Crippen molar-refractivity contribution >= 4 is 77.5 Å². The topological polar surface area (TPSA) is 803 Å². The average Bonchev–Trinajstić information content (AvgIpc) is 2.60. The molecule has 0 aliphatic carbocycles. The Morgan fingerprint density at radius 3 is 0.874 bits per heavy atom. The Hall–Kier alpha value is -9.09. The van der Waals surface area contributed by atoms with Crippen molar-refractivity contribution in [2.45, 2.75) is 180 Å². The van der Waals surface area contributed by atoms with Gasteiger partial charge >= 0.3 is 65.7 Å². The number of carbonyl (C=O) groups excluding carboxylic acids is 2. The molecule has 0 saturated heterocycles. The van der Waals surface area contributed by atoms with E-state index in [9.17, 15) is 62.3 Å². The fourth-order valence-electron chi connectivity index (χ4n) is 4.85. The van der Waals surface area contributed by atoms with Crippen LogP contribution in [0.5, 0.6) is 5.75 Å². The van der Waals surface area contributed by atoms with Crippen LogP contribution in [0, 0.1) is 17.8 Å². The van der Waals surface area contributed by atoms with Crippen molar-refractivity contribution in [1.29, 1.82) is 0 Å². The van der Waals surface area contributed by atoms with Gasteiger partial charge in [-0.05, 0) is 86.6 Å². The standard InChI is InChI=1S/C9H11NO3.C9H11NO2.C6H14N2O2.2C6H13NO2.C5H9NO4.C5H11NO2.2C4H8N2O3.C3H7NO2/c10-8(9(12)13)5-6-1-3-7(11)4-2-6;10-8(9(11)12)6-7-4-2-1-3-5-7;7-4-2-1-3-5(8)6(9)10;2*1-3-4(2)5(7)6(8)9;6-3(5(9)10)1-2-4(7)8;1-3(2)4(6)5(7)8;2*5-2(4(8)9)1-3(6)7;1-2(4)3(5)6/h1-4,8,11H,5,10H2,(H,12,13);1-5,8H,6,10H2,(H,11,12);5H,1-4,7-8H2,(H,9,10);2*4-5H,3,7H2,1-2H3,(H,8,9);3H,1-2,6H2,(H,7,8)(H,9,10);3-4H,6H2,1-2H3,(H,7,8);2*2H,1,5H2,(H2,6,7)(H,8,9);2H,4H2,1H3,(H,5,6)/t2*8-;5-;2*4-,5-;3-;4-;3*2-/m0000000000/s1. The molecule has 12 atom stereocenters. The Bertz CT molecular complexity index is 2460. The van der Waals surface area contributed by atoms with Crippen molar-refractivity contribution < 1.29 is 124 Å². The minimum absolute atomic E-state index is 0.0208. The number of unbranched alkanes of at least 4 members (excludes halogenated alkanes) is 1. The third kappa shape index (κ3) is 70.6. The maximum Gasteiger partial charge on any atom is 0.321 e. The number of carboxylic acid groups (broad SMARTS) is 11. The van der Waals surface area contributed by atoms with E-state index in [1.54, 1.807) is 26.0 Å². The molecule has 0 saturated carbocycles. The molecule has 0 aliphatic rings. The van der Waals surface area contributed by atoms with Crippen molar-refractivity contribution in [3.8, 4) is 5.75 Å². The predicted octanol–water partition coefficient (Wildman–Crippen LogP) is -3.31. The van der Waals surface area contributed by atoms with Crippen LogP contribution < -0.4 is 74.5 Å². The second-order valence-electron chi connectivity index (χ2n) is 20.5. The zero-order valence-electron chi connectivity index (χ0n) is 54.4. The average molecular weight is 1370 g/mol. The van der Waals surface area contributed by atoms with Crippen LogP contribution in [0.1, 0.15) is 117 Å². The lowest BCUT2D eigenvalue weighted by molar-refractivity contribution is -0.141. The highest BCUT2D eigenvalue weighted by Gasteiger charge is 2.20. The Balaban J connectivity index is -0.000000148. The van der Waals surface area contributed by atoms with E-state index in [0.29, 0.717) is 19.4 Å². The predicted molar refractivity (Wildman–Crippen MR) is 345 cm³/mol. The minimum Gasteiger partial charge on any atom is -0.508 e. The fourth-order valence-corrected chi connectivity index (χ4v) is 4.85. The molecule has 0 unspecified atom stereocenters. The number of carboxylic acids is 11. The van der Waals surface area contributed by atoms with Crippen LogP contribution in [0.2, 0.25) is 0 Å². The molecule has 0 aliphatic heterocycles. The second-order valence-corrected chi connectivity index (χ2v) is 20.5. The van der Waals surface area contributed by atoms with Gasteiger partial charge in [-0.1, -0.05) is 103 Å². The van der Waals surface area contributed by atoms with Gasteiger partial charge in [-0.25, -0.2) is 0 Å². The highest BCUT2D eigenvalue weighted by atomic mass is 16.4. The molecule has 38 heteroatoms. The number of aliphatic carboxylic acids is 11. The molecular weight excluding hydrogens is 1270 g/mol. The van der Waals surface area contributed by atoms with Crippen LogP contribution in [0.4, 0.5) is 0 Å². The van der Waals surface area contributed by atoms with Crippen LogP contribution in [0.25, 0.3) is 0 Å². The largest absolute Gasteiger partial charge is 0.508 e. The smallest absolute Gasteiger partial charge is 0.321 e. The molecule has 0 fully saturated rings. The van der Waals surface area contributed by atoms with E-state index in [1.807, 2.05) is 58.0 Å². The molecule has 2 rings (SSSR count). The second kappa shape index (κ2) is 61.1. The molecule has 38 nitrogen and oxygen atoms in total. The van der Waals surface area contributed by atoms with Gasteiger partial charge in [0.05, 0.1) is 12.8 Å². The van der Waals surface area contributed by atoms with Crippen LogP contribution >= 0.6 is 0 Å². The van der Waals surface area contributed by atoms with Crippen molar-refractivity contribution in [3.05, 3.63) is 65.7 Å².